The molecule has 2 aromatic rings. The van der Waals surface area contributed by atoms with Gasteiger partial charge in [0.1, 0.15) is 0 Å². The summed E-state index contributed by atoms with van der Waals surface area (Å²) in [4.78, 5) is 13.3. The minimum absolute atomic E-state index is 0.317. The van der Waals surface area contributed by atoms with Crippen molar-refractivity contribution >= 4 is 23.9 Å². The van der Waals surface area contributed by atoms with Crippen LogP contribution in [0.3, 0.4) is 0 Å². The van der Waals surface area contributed by atoms with E-state index < -0.39 is 0 Å². The Hall–Kier alpha value is -2.47. The number of nitrogens with one attached hydrogen (secondary N) is 1. The third-order valence-electron chi connectivity index (χ3n) is 3.14. The second-order valence-corrected chi connectivity index (χ2v) is 5.42. The molecule has 0 aliphatic carbocycles. The molecule has 0 radical (unpaired) electrons. The van der Waals surface area contributed by atoms with E-state index in [1.807, 2.05) is 30.5 Å². The lowest BCUT2D eigenvalue weighted by Crippen LogP contribution is -2.17. The number of hydrazone groups is 1. The Morgan fingerprint density at radius 2 is 1.78 bits per heavy atom. The normalized spacial score (nSPS) is 10.6. The minimum Gasteiger partial charge on any atom is -0.493 e. The first-order valence-corrected chi connectivity index (χ1v) is 8.10. The van der Waals surface area contributed by atoms with Gasteiger partial charge in [-0.05, 0) is 42.2 Å². The number of hydrogen-bond acceptors (Lipinski definition) is 5. The molecule has 0 atom stereocenters. The summed E-state index contributed by atoms with van der Waals surface area (Å²) < 4.78 is 10.3. The van der Waals surface area contributed by atoms with Crippen LogP contribution in [0.15, 0.2) is 52.5 Å². The van der Waals surface area contributed by atoms with E-state index in [1.165, 1.54) is 12.0 Å². The SMILES string of the molecule is COc1ccc(C(=O)N/N=C/c2ccc(SC)cc2)cc1OC. The van der Waals surface area contributed by atoms with Gasteiger partial charge in [0.15, 0.2) is 11.5 Å². The molecule has 0 saturated carbocycles. The highest BCUT2D eigenvalue weighted by atomic mass is 32.2. The van der Waals surface area contributed by atoms with E-state index in [0.29, 0.717) is 17.1 Å². The van der Waals surface area contributed by atoms with E-state index in [2.05, 4.69) is 10.5 Å². The highest BCUT2D eigenvalue weighted by Crippen LogP contribution is 2.27. The van der Waals surface area contributed by atoms with Crippen LogP contribution >= 0.6 is 11.8 Å². The molecular formula is C17H18N2O3S. The number of benzene rings is 2. The van der Waals surface area contributed by atoms with E-state index >= 15 is 0 Å². The van der Waals surface area contributed by atoms with E-state index in [1.54, 1.807) is 43.3 Å². The van der Waals surface area contributed by atoms with Crippen LogP contribution in [0.1, 0.15) is 15.9 Å². The van der Waals surface area contributed by atoms with Crippen molar-refractivity contribution in [2.45, 2.75) is 4.90 Å². The third kappa shape index (κ3) is 4.50. The van der Waals surface area contributed by atoms with Crippen molar-refractivity contribution in [2.75, 3.05) is 20.5 Å². The first-order valence-electron chi connectivity index (χ1n) is 6.87. The zero-order valence-electron chi connectivity index (χ0n) is 13.2. The van der Waals surface area contributed by atoms with Gasteiger partial charge in [0.2, 0.25) is 0 Å². The van der Waals surface area contributed by atoms with Gasteiger partial charge in [-0.1, -0.05) is 12.1 Å². The zero-order valence-corrected chi connectivity index (χ0v) is 14.0. The van der Waals surface area contributed by atoms with Gasteiger partial charge in [-0.3, -0.25) is 4.79 Å². The monoisotopic (exact) mass is 330 g/mol. The minimum atomic E-state index is -0.317. The van der Waals surface area contributed by atoms with Crippen LogP contribution in [0.25, 0.3) is 0 Å². The molecule has 0 heterocycles. The average molecular weight is 330 g/mol. The highest BCUT2D eigenvalue weighted by Gasteiger charge is 2.09. The van der Waals surface area contributed by atoms with Gasteiger partial charge in [-0.2, -0.15) is 5.10 Å². The van der Waals surface area contributed by atoms with Gasteiger partial charge in [-0.15, -0.1) is 11.8 Å². The molecule has 0 unspecified atom stereocenters. The van der Waals surface area contributed by atoms with Crippen molar-refractivity contribution in [1.82, 2.24) is 5.43 Å². The molecule has 0 aliphatic rings. The number of nitrogens with zero attached hydrogens (tertiary/aromatic N) is 1. The molecule has 0 bridgehead atoms. The molecule has 0 spiro atoms. The predicted molar refractivity (Wildman–Crippen MR) is 92.8 cm³/mol. The maximum Gasteiger partial charge on any atom is 0.271 e. The van der Waals surface area contributed by atoms with Gasteiger partial charge in [0.05, 0.1) is 20.4 Å². The van der Waals surface area contributed by atoms with Crippen molar-refractivity contribution in [1.29, 1.82) is 0 Å². The smallest absolute Gasteiger partial charge is 0.271 e. The Bertz CT molecular complexity index is 699. The lowest BCUT2D eigenvalue weighted by molar-refractivity contribution is 0.0954. The number of methoxy groups -OCH3 is 2. The fourth-order valence-corrected chi connectivity index (χ4v) is 2.31. The zero-order chi connectivity index (χ0) is 16.7. The van der Waals surface area contributed by atoms with Gasteiger partial charge >= 0.3 is 0 Å². The molecule has 0 aromatic heterocycles. The second kappa shape index (κ2) is 8.24. The maximum atomic E-state index is 12.1. The van der Waals surface area contributed by atoms with Gasteiger partial charge < -0.3 is 9.47 Å². The summed E-state index contributed by atoms with van der Waals surface area (Å²) in [5.41, 5.74) is 3.85. The maximum absolute atomic E-state index is 12.1. The highest BCUT2D eigenvalue weighted by molar-refractivity contribution is 7.98. The first kappa shape index (κ1) is 16.9. The summed E-state index contributed by atoms with van der Waals surface area (Å²) in [5.74, 6) is 0.751. The molecule has 6 heteroatoms. The molecule has 1 N–H and O–H groups in total. The standard InChI is InChI=1S/C17H18N2O3S/c1-21-15-9-6-13(10-16(15)22-2)17(20)19-18-11-12-4-7-14(23-3)8-5-12/h4-11H,1-3H3,(H,19,20)/b18-11+. The van der Waals surface area contributed by atoms with Crippen LogP contribution in [0.2, 0.25) is 0 Å². The van der Waals surface area contributed by atoms with Crippen molar-refractivity contribution in [3.05, 3.63) is 53.6 Å². The molecule has 0 aliphatic heterocycles. The van der Waals surface area contributed by atoms with E-state index in [-0.39, 0.29) is 5.91 Å². The molecule has 23 heavy (non-hydrogen) atoms. The van der Waals surface area contributed by atoms with Crippen LogP contribution < -0.4 is 14.9 Å². The van der Waals surface area contributed by atoms with E-state index in [0.717, 1.165) is 5.56 Å². The van der Waals surface area contributed by atoms with Crippen LogP contribution in [0, 0.1) is 0 Å². The Balaban J connectivity index is 2.02. The lowest BCUT2D eigenvalue weighted by Gasteiger charge is -2.08. The summed E-state index contributed by atoms with van der Waals surface area (Å²) in [7, 11) is 3.07. The fourth-order valence-electron chi connectivity index (χ4n) is 1.90. The molecule has 0 saturated heterocycles. The number of carbonyl (C=O) groups excluding carboxylic acids is 1. The predicted octanol–water partition coefficient (Wildman–Crippen LogP) is 3.19. The third-order valence-corrected chi connectivity index (χ3v) is 3.88. The van der Waals surface area contributed by atoms with Gasteiger partial charge in [-0.25, -0.2) is 5.43 Å². The first-order chi connectivity index (χ1) is 11.2. The topological polar surface area (TPSA) is 59.9 Å². The second-order valence-electron chi connectivity index (χ2n) is 4.54. The van der Waals surface area contributed by atoms with E-state index in [9.17, 15) is 4.79 Å². The number of rotatable bonds is 6. The Kier molecular flexibility index (Phi) is 6.05. The summed E-state index contributed by atoms with van der Waals surface area (Å²) >= 11 is 1.67. The van der Waals surface area contributed by atoms with Gasteiger partial charge in [0, 0.05) is 10.5 Å². The Morgan fingerprint density at radius 1 is 1.09 bits per heavy atom. The Labute approximate surface area is 139 Å². The molecule has 2 rings (SSSR count). The Morgan fingerprint density at radius 3 is 2.39 bits per heavy atom. The van der Waals surface area contributed by atoms with Crippen molar-refractivity contribution in [3.8, 4) is 11.5 Å². The summed E-state index contributed by atoms with van der Waals surface area (Å²) in [6.45, 7) is 0. The molecule has 120 valence electrons. The van der Waals surface area contributed by atoms with Gasteiger partial charge in [0.25, 0.3) is 5.91 Å². The molecule has 5 nitrogen and oxygen atoms in total. The number of thioether (sulfide) groups is 1. The van der Waals surface area contributed by atoms with Crippen molar-refractivity contribution in [2.24, 2.45) is 5.10 Å². The van der Waals surface area contributed by atoms with Crippen LogP contribution in [-0.4, -0.2) is 32.6 Å². The lowest BCUT2D eigenvalue weighted by atomic mass is 10.2. The summed E-state index contributed by atoms with van der Waals surface area (Å²) in [6.07, 6.45) is 3.62. The number of hydrogen-bond donors (Lipinski definition) is 1. The van der Waals surface area contributed by atoms with Crippen LogP contribution in [-0.2, 0) is 0 Å². The largest absolute Gasteiger partial charge is 0.493 e. The fraction of sp³-hybridized carbons (Fsp3) is 0.176. The summed E-state index contributed by atoms with van der Waals surface area (Å²) in [6, 6.07) is 12.8. The quantitative estimate of drug-likeness (QED) is 0.502. The van der Waals surface area contributed by atoms with Crippen molar-refractivity contribution in [3.63, 3.8) is 0 Å². The molecule has 1 amide bonds. The van der Waals surface area contributed by atoms with E-state index in [4.69, 9.17) is 9.47 Å². The molecule has 2 aromatic carbocycles. The van der Waals surface area contributed by atoms with Crippen LogP contribution in [0.4, 0.5) is 0 Å². The molecule has 0 fully saturated rings. The number of amides is 1. The number of carbonyl (C=O) groups is 1. The number of ether oxygens (including phenoxy) is 2. The molecular weight excluding hydrogens is 312 g/mol. The van der Waals surface area contributed by atoms with Crippen LogP contribution in [0.5, 0.6) is 11.5 Å². The van der Waals surface area contributed by atoms with Crippen molar-refractivity contribution < 1.29 is 14.3 Å². The average Bonchev–Trinajstić information content (AvgIpc) is 2.61. The summed E-state index contributed by atoms with van der Waals surface area (Å²) in [5, 5.41) is 3.97.